The van der Waals surface area contributed by atoms with Crippen molar-refractivity contribution in [3.8, 4) is 0 Å². The van der Waals surface area contributed by atoms with E-state index in [1.54, 1.807) is 0 Å². The lowest BCUT2D eigenvalue weighted by molar-refractivity contribution is -0.130. The summed E-state index contributed by atoms with van der Waals surface area (Å²) in [6.07, 6.45) is -0.0985. The van der Waals surface area contributed by atoms with Crippen LogP contribution in [0.3, 0.4) is 0 Å². The lowest BCUT2D eigenvalue weighted by atomic mass is 10.1. The quantitative estimate of drug-likeness (QED) is 0.924. The molecule has 0 aliphatic carbocycles. The maximum Gasteiger partial charge on any atom is 0.241 e. The summed E-state index contributed by atoms with van der Waals surface area (Å²) in [6, 6.07) is 7.82. The molecule has 3 unspecified atom stereocenters. The third-order valence-corrected chi connectivity index (χ3v) is 4.12. The van der Waals surface area contributed by atoms with Gasteiger partial charge in [0.25, 0.3) is 0 Å². The summed E-state index contributed by atoms with van der Waals surface area (Å²) in [5.41, 5.74) is 1.03. The smallest absolute Gasteiger partial charge is 0.241 e. The Morgan fingerprint density at radius 2 is 2.15 bits per heavy atom. The summed E-state index contributed by atoms with van der Waals surface area (Å²) in [6.45, 7) is 4.71. The predicted octanol–water partition coefficient (Wildman–Crippen LogP) is 2.11. The molecule has 0 bridgehead atoms. The highest BCUT2D eigenvalue weighted by Gasteiger charge is 2.37. The van der Waals surface area contributed by atoms with Crippen LogP contribution in [0, 0.1) is 0 Å². The van der Waals surface area contributed by atoms with Crippen molar-refractivity contribution in [2.45, 2.75) is 32.1 Å². The Morgan fingerprint density at radius 3 is 2.75 bits per heavy atom. The van der Waals surface area contributed by atoms with Crippen LogP contribution in [0.1, 0.15) is 25.6 Å². The Kier molecular flexibility index (Phi) is 4.68. The molecule has 1 heterocycles. The zero-order valence-corrected chi connectivity index (χ0v) is 13.2. The number of likely N-dealkylation sites (N-methyl/N-ethyl adjacent to an activating group) is 1. The number of carbonyl (C=O) groups excluding carboxylic acids is 1. The number of nitrogens with one attached hydrogen (secondary N) is 1. The second-order valence-electron chi connectivity index (χ2n) is 5.65. The molecule has 4 nitrogen and oxygen atoms in total. The molecule has 0 saturated carbocycles. The number of hydrogen-bond acceptors (Lipinski definition) is 3. The van der Waals surface area contributed by atoms with Crippen molar-refractivity contribution in [2.24, 2.45) is 0 Å². The average molecular weight is 296 g/mol. The fourth-order valence-electron chi connectivity index (χ4n) is 2.37. The van der Waals surface area contributed by atoms with E-state index in [-0.39, 0.29) is 18.1 Å². The zero-order valence-electron chi connectivity index (χ0n) is 12.4. The topological polar surface area (TPSA) is 35.6 Å². The predicted molar refractivity (Wildman–Crippen MR) is 81.7 cm³/mol. The number of rotatable bonds is 4. The van der Waals surface area contributed by atoms with Crippen LogP contribution in [0.2, 0.25) is 5.02 Å². The maximum atomic E-state index is 12.3. The molecule has 110 valence electrons. The summed E-state index contributed by atoms with van der Waals surface area (Å²) < 4.78 is 0. The molecular formula is C15H22ClN3O. The molecule has 1 fully saturated rings. The Hall–Kier alpha value is -1.10. The van der Waals surface area contributed by atoms with E-state index in [2.05, 4.69) is 17.1 Å². The number of carbonyl (C=O) groups is 1. The van der Waals surface area contributed by atoms with Crippen LogP contribution in [-0.4, -0.2) is 48.4 Å². The molecule has 1 amide bonds. The van der Waals surface area contributed by atoms with Gasteiger partial charge in [-0.25, -0.2) is 0 Å². The van der Waals surface area contributed by atoms with Crippen LogP contribution in [0.5, 0.6) is 0 Å². The van der Waals surface area contributed by atoms with Crippen LogP contribution in [0.4, 0.5) is 0 Å². The van der Waals surface area contributed by atoms with E-state index >= 15 is 0 Å². The molecule has 1 saturated heterocycles. The van der Waals surface area contributed by atoms with Crippen molar-refractivity contribution >= 4 is 17.5 Å². The highest BCUT2D eigenvalue weighted by Crippen LogP contribution is 2.27. The van der Waals surface area contributed by atoms with Gasteiger partial charge >= 0.3 is 0 Å². The lowest BCUT2D eigenvalue weighted by Crippen LogP contribution is -2.41. The van der Waals surface area contributed by atoms with Crippen LogP contribution in [-0.2, 0) is 4.79 Å². The van der Waals surface area contributed by atoms with E-state index in [1.807, 2.05) is 50.2 Å². The summed E-state index contributed by atoms with van der Waals surface area (Å²) in [7, 11) is 4.05. The van der Waals surface area contributed by atoms with Crippen molar-refractivity contribution in [3.63, 3.8) is 0 Å². The summed E-state index contributed by atoms with van der Waals surface area (Å²) in [4.78, 5) is 16.4. The third-order valence-electron chi connectivity index (χ3n) is 3.88. The van der Waals surface area contributed by atoms with Crippen LogP contribution in [0.25, 0.3) is 0 Å². The van der Waals surface area contributed by atoms with Gasteiger partial charge in [0.15, 0.2) is 0 Å². The lowest BCUT2D eigenvalue weighted by Gasteiger charge is -2.30. The molecule has 3 atom stereocenters. The van der Waals surface area contributed by atoms with E-state index in [1.165, 1.54) is 0 Å². The fraction of sp³-hybridized carbons (Fsp3) is 0.533. The standard InChI is InChI=1S/C15H22ClN3O/c1-10(18(3)4)9-19-14(17-11(2)15(19)20)12-6-5-7-13(16)8-12/h5-8,10-11,14,17H,9H2,1-4H3. The Bertz CT molecular complexity index is 492. The molecule has 1 aliphatic heterocycles. The van der Waals surface area contributed by atoms with Gasteiger partial charge in [-0.3, -0.25) is 10.1 Å². The summed E-state index contributed by atoms with van der Waals surface area (Å²) in [5, 5.41) is 4.03. The van der Waals surface area contributed by atoms with Gasteiger partial charge in [-0.05, 0) is 45.6 Å². The van der Waals surface area contributed by atoms with Crippen LogP contribution < -0.4 is 5.32 Å². The largest absolute Gasteiger partial charge is 0.320 e. The number of hydrogen-bond donors (Lipinski definition) is 1. The average Bonchev–Trinajstić information content (AvgIpc) is 2.67. The SMILES string of the molecule is CC1NC(c2cccc(Cl)c2)N(CC(C)N(C)C)C1=O. The molecule has 5 heteroatoms. The first-order chi connectivity index (χ1) is 9.40. The van der Waals surface area contributed by atoms with Crippen molar-refractivity contribution in [3.05, 3.63) is 34.9 Å². The van der Waals surface area contributed by atoms with Crippen LogP contribution in [0.15, 0.2) is 24.3 Å². The van der Waals surface area contributed by atoms with Gasteiger partial charge in [0.2, 0.25) is 5.91 Å². The highest BCUT2D eigenvalue weighted by atomic mass is 35.5. The Balaban J connectivity index is 2.24. The molecular weight excluding hydrogens is 274 g/mol. The summed E-state index contributed by atoms with van der Waals surface area (Å²) in [5.74, 6) is 0.142. The van der Waals surface area contributed by atoms with Gasteiger partial charge in [0.1, 0.15) is 6.17 Å². The van der Waals surface area contributed by atoms with E-state index < -0.39 is 0 Å². The molecule has 0 spiro atoms. The molecule has 1 aromatic rings. The molecule has 2 rings (SSSR count). The van der Waals surface area contributed by atoms with E-state index in [4.69, 9.17) is 11.6 Å². The minimum atomic E-state index is -0.159. The zero-order chi connectivity index (χ0) is 14.9. The molecule has 20 heavy (non-hydrogen) atoms. The van der Waals surface area contributed by atoms with E-state index in [9.17, 15) is 4.79 Å². The van der Waals surface area contributed by atoms with Crippen molar-refractivity contribution in [2.75, 3.05) is 20.6 Å². The number of nitrogens with zero attached hydrogens (tertiary/aromatic N) is 2. The second kappa shape index (κ2) is 6.12. The van der Waals surface area contributed by atoms with Gasteiger partial charge in [0, 0.05) is 17.6 Å². The first kappa shape index (κ1) is 15.3. The van der Waals surface area contributed by atoms with Gasteiger partial charge in [-0.15, -0.1) is 0 Å². The summed E-state index contributed by atoms with van der Waals surface area (Å²) >= 11 is 6.06. The van der Waals surface area contributed by atoms with Crippen molar-refractivity contribution in [1.29, 1.82) is 0 Å². The fourth-order valence-corrected chi connectivity index (χ4v) is 2.57. The molecule has 1 aromatic carbocycles. The monoisotopic (exact) mass is 295 g/mol. The molecule has 1 N–H and O–H groups in total. The highest BCUT2D eigenvalue weighted by molar-refractivity contribution is 6.30. The maximum absolute atomic E-state index is 12.3. The minimum Gasteiger partial charge on any atom is -0.320 e. The Labute approximate surface area is 125 Å². The van der Waals surface area contributed by atoms with Gasteiger partial charge in [-0.2, -0.15) is 0 Å². The van der Waals surface area contributed by atoms with Crippen LogP contribution >= 0.6 is 11.6 Å². The second-order valence-corrected chi connectivity index (χ2v) is 6.09. The van der Waals surface area contributed by atoms with E-state index in [0.29, 0.717) is 17.6 Å². The Morgan fingerprint density at radius 1 is 1.45 bits per heavy atom. The van der Waals surface area contributed by atoms with E-state index in [0.717, 1.165) is 5.56 Å². The van der Waals surface area contributed by atoms with Crippen molar-refractivity contribution < 1.29 is 4.79 Å². The first-order valence-electron chi connectivity index (χ1n) is 6.88. The molecule has 0 aromatic heterocycles. The van der Waals surface area contributed by atoms with Gasteiger partial charge in [-0.1, -0.05) is 23.7 Å². The molecule has 0 radical (unpaired) electrons. The third kappa shape index (κ3) is 3.14. The number of amides is 1. The van der Waals surface area contributed by atoms with Gasteiger partial charge in [0.05, 0.1) is 6.04 Å². The number of benzene rings is 1. The number of halogens is 1. The van der Waals surface area contributed by atoms with Gasteiger partial charge < -0.3 is 9.80 Å². The first-order valence-corrected chi connectivity index (χ1v) is 7.26. The normalized spacial score (nSPS) is 24.5. The minimum absolute atomic E-state index is 0.0985. The molecule has 1 aliphatic rings. The van der Waals surface area contributed by atoms with Crippen molar-refractivity contribution in [1.82, 2.24) is 15.1 Å².